The van der Waals surface area contributed by atoms with E-state index >= 15 is 0 Å². The molecule has 0 fully saturated rings. The number of nitrogens with zero attached hydrogens (tertiary/aromatic N) is 5. The fourth-order valence-corrected chi connectivity index (χ4v) is 2.07. The number of hydrogen-bond donors (Lipinski definition) is 1. The molecule has 0 amide bonds. The van der Waals surface area contributed by atoms with Crippen molar-refractivity contribution in [2.75, 3.05) is 6.38 Å². The van der Waals surface area contributed by atoms with Crippen LogP contribution in [0.3, 0.4) is 0 Å². The van der Waals surface area contributed by atoms with Gasteiger partial charge in [0, 0.05) is 12.8 Å². The Hall–Kier alpha value is -1.49. The molecule has 8 heteroatoms. The molecule has 2 aromatic rings. The number of rotatable bonds is 3. The number of halogens is 1. The number of hydrogen-bond acceptors (Lipinski definition) is 5. The van der Waals surface area contributed by atoms with Crippen molar-refractivity contribution in [3.8, 4) is 11.2 Å². The molecule has 0 aliphatic heterocycles. The standard InChI is InChI=1S/C10H12N6S.CH3Cl/c1-3-8-14-9(6(2)12)16(15-8)10-13-5-7(4-11)17-10;1-2/h5-6H,3,12H2,1-2H3;1H3/p+1. The highest BCUT2D eigenvalue weighted by Gasteiger charge is 2.18. The summed E-state index contributed by atoms with van der Waals surface area (Å²) >= 11 is 5.94. The predicted molar refractivity (Wildman–Crippen MR) is 74.2 cm³/mol. The zero-order valence-corrected chi connectivity index (χ0v) is 12.7. The number of thiazole rings is 1. The topological polar surface area (TPSA) is 95.0 Å². The summed E-state index contributed by atoms with van der Waals surface area (Å²) in [5.74, 6) is 1.55. The van der Waals surface area contributed by atoms with E-state index in [4.69, 9.17) is 5.26 Å². The molecule has 0 spiro atoms. The van der Waals surface area contributed by atoms with E-state index in [1.807, 2.05) is 13.8 Å². The van der Waals surface area contributed by atoms with Gasteiger partial charge in [0.15, 0.2) is 11.6 Å². The van der Waals surface area contributed by atoms with E-state index in [9.17, 15) is 0 Å². The van der Waals surface area contributed by atoms with Crippen LogP contribution >= 0.6 is 22.9 Å². The third-order valence-corrected chi connectivity index (χ3v) is 3.10. The summed E-state index contributed by atoms with van der Waals surface area (Å²) in [6.45, 7) is 3.96. The van der Waals surface area contributed by atoms with Crippen LogP contribution in [0.25, 0.3) is 5.13 Å². The van der Waals surface area contributed by atoms with E-state index in [2.05, 4.69) is 38.5 Å². The largest absolute Gasteiger partial charge is 0.349 e. The first-order chi connectivity index (χ1) is 9.15. The van der Waals surface area contributed by atoms with Gasteiger partial charge in [-0.25, -0.2) is 9.97 Å². The lowest BCUT2D eigenvalue weighted by Gasteiger charge is -2.01. The van der Waals surface area contributed by atoms with Gasteiger partial charge < -0.3 is 5.73 Å². The Morgan fingerprint density at radius 3 is 2.74 bits per heavy atom. The molecule has 2 rings (SSSR count). The van der Waals surface area contributed by atoms with Gasteiger partial charge in [0.25, 0.3) is 0 Å². The third-order valence-electron chi connectivity index (χ3n) is 2.22. The quantitative estimate of drug-likeness (QED) is 0.865. The van der Waals surface area contributed by atoms with Crippen molar-refractivity contribution in [3.05, 3.63) is 22.7 Å². The second-order valence-electron chi connectivity index (χ2n) is 3.67. The van der Waals surface area contributed by atoms with Gasteiger partial charge in [-0.15, -0.1) is 16.7 Å². The van der Waals surface area contributed by atoms with Gasteiger partial charge in [0.1, 0.15) is 17.0 Å². The van der Waals surface area contributed by atoms with E-state index in [1.165, 1.54) is 17.7 Å². The minimum atomic E-state index is 0.0252. The van der Waals surface area contributed by atoms with Crippen LogP contribution in [0.1, 0.15) is 36.4 Å². The van der Waals surface area contributed by atoms with Crippen LogP contribution in [0.4, 0.5) is 0 Å². The third kappa shape index (κ3) is 3.50. The zero-order valence-electron chi connectivity index (χ0n) is 11.1. The summed E-state index contributed by atoms with van der Waals surface area (Å²) in [5, 5.41) is 13.8. The second-order valence-corrected chi connectivity index (χ2v) is 4.68. The van der Waals surface area contributed by atoms with Crippen molar-refractivity contribution >= 4 is 22.9 Å². The average Bonchev–Trinajstić information content (AvgIpc) is 3.07. The van der Waals surface area contributed by atoms with Crippen LogP contribution in [-0.4, -0.2) is 26.1 Å². The maximum Gasteiger partial charge on any atom is 0.213 e. The molecule has 3 N–H and O–H groups in total. The highest BCUT2D eigenvalue weighted by molar-refractivity contribution is 7.14. The lowest BCUT2D eigenvalue weighted by atomic mass is 10.3. The Kier molecular flexibility index (Phi) is 5.89. The Bertz CT molecular complexity index is 568. The van der Waals surface area contributed by atoms with Gasteiger partial charge in [-0.2, -0.15) is 9.94 Å². The molecular formula is C11H16ClN6S+. The number of nitriles is 1. The molecule has 2 heterocycles. The smallest absolute Gasteiger partial charge is 0.213 e. The van der Waals surface area contributed by atoms with Crippen LogP contribution in [-0.2, 0) is 6.42 Å². The predicted octanol–water partition coefficient (Wildman–Crippen LogP) is 1.32. The van der Waals surface area contributed by atoms with E-state index in [1.54, 1.807) is 10.9 Å². The lowest BCUT2D eigenvalue weighted by molar-refractivity contribution is -0.422. The first-order valence-electron chi connectivity index (χ1n) is 5.68. The SMILES string of the molecule is CCc1nc(C(C)[NH3+])n(-c2ncc(C#N)s2)n1.CCl. The molecule has 0 bridgehead atoms. The Morgan fingerprint density at radius 2 is 2.26 bits per heavy atom. The molecule has 0 aromatic carbocycles. The van der Waals surface area contributed by atoms with Gasteiger partial charge in [-0.3, -0.25) is 0 Å². The minimum absolute atomic E-state index is 0.0252. The molecule has 19 heavy (non-hydrogen) atoms. The first kappa shape index (κ1) is 15.6. The Balaban J connectivity index is 0.000000861. The number of aryl methyl sites for hydroxylation is 1. The molecule has 1 unspecified atom stereocenters. The van der Waals surface area contributed by atoms with Crippen LogP contribution in [0, 0.1) is 11.3 Å². The van der Waals surface area contributed by atoms with Crippen LogP contribution in [0.5, 0.6) is 0 Å². The molecule has 2 aromatic heterocycles. The van der Waals surface area contributed by atoms with Crippen LogP contribution in [0.2, 0.25) is 0 Å². The molecule has 1 atom stereocenters. The average molecular weight is 300 g/mol. The minimum Gasteiger partial charge on any atom is -0.349 e. The van der Waals surface area contributed by atoms with Gasteiger partial charge in [-0.1, -0.05) is 18.3 Å². The monoisotopic (exact) mass is 299 g/mol. The van der Waals surface area contributed by atoms with Gasteiger partial charge >= 0.3 is 0 Å². The summed E-state index contributed by atoms with van der Waals surface area (Å²) in [4.78, 5) is 9.16. The molecule has 0 saturated carbocycles. The van der Waals surface area contributed by atoms with Crippen LogP contribution in [0.15, 0.2) is 6.20 Å². The molecule has 0 radical (unpaired) electrons. The van der Waals surface area contributed by atoms with Crippen molar-refractivity contribution in [1.82, 2.24) is 19.7 Å². The number of alkyl halides is 1. The zero-order chi connectivity index (χ0) is 14.4. The molecule has 0 aliphatic rings. The van der Waals surface area contributed by atoms with E-state index < -0.39 is 0 Å². The van der Waals surface area contributed by atoms with E-state index in [0.29, 0.717) is 10.0 Å². The van der Waals surface area contributed by atoms with E-state index in [0.717, 1.165) is 18.1 Å². The fraction of sp³-hybridized carbons (Fsp3) is 0.455. The molecule has 102 valence electrons. The van der Waals surface area contributed by atoms with Crippen LogP contribution < -0.4 is 5.73 Å². The molecule has 0 saturated heterocycles. The molecule has 6 nitrogen and oxygen atoms in total. The lowest BCUT2D eigenvalue weighted by Crippen LogP contribution is -2.52. The van der Waals surface area contributed by atoms with E-state index in [-0.39, 0.29) is 6.04 Å². The van der Waals surface area contributed by atoms with Crippen molar-refractivity contribution in [1.29, 1.82) is 5.26 Å². The summed E-state index contributed by atoms with van der Waals surface area (Å²) in [6, 6.07) is 2.09. The van der Waals surface area contributed by atoms with Crippen molar-refractivity contribution < 1.29 is 5.73 Å². The van der Waals surface area contributed by atoms with Gasteiger partial charge in [0.05, 0.1) is 6.20 Å². The number of quaternary nitrogens is 1. The van der Waals surface area contributed by atoms with Crippen molar-refractivity contribution in [2.24, 2.45) is 0 Å². The highest BCUT2D eigenvalue weighted by atomic mass is 35.5. The fourth-order valence-electron chi connectivity index (χ4n) is 1.39. The summed E-state index contributed by atoms with van der Waals surface area (Å²) in [5.41, 5.74) is 3.96. The molecule has 0 aliphatic carbocycles. The summed E-state index contributed by atoms with van der Waals surface area (Å²) in [6.07, 6.45) is 3.79. The second kappa shape index (κ2) is 7.19. The number of aromatic nitrogens is 4. The summed E-state index contributed by atoms with van der Waals surface area (Å²) in [7, 11) is 0. The van der Waals surface area contributed by atoms with Crippen molar-refractivity contribution in [3.63, 3.8) is 0 Å². The normalized spacial score (nSPS) is 11.4. The molecular weight excluding hydrogens is 284 g/mol. The maximum atomic E-state index is 8.79. The Labute approximate surface area is 120 Å². The highest BCUT2D eigenvalue weighted by Crippen LogP contribution is 2.19. The maximum absolute atomic E-state index is 8.79. The first-order valence-corrected chi connectivity index (χ1v) is 7.26. The summed E-state index contributed by atoms with van der Waals surface area (Å²) < 4.78 is 1.68. The van der Waals surface area contributed by atoms with Gasteiger partial charge in [0.2, 0.25) is 5.13 Å². The van der Waals surface area contributed by atoms with Gasteiger partial charge in [-0.05, 0) is 6.92 Å². The van der Waals surface area contributed by atoms with Crippen molar-refractivity contribution in [2.45, 2.75) is 26.3 Å². The Morgan fingerprint density at radius 1 is 1.58 bits per heavy atom.